The highest BCUT2D eigenvalue weighted by Gasteiger charge is 2.45. The van der Waals surface area contributed by atoms with E-state index in [4.69, 9.17) is 0 Å². The third-order valence-electron chi connectivity index (χ3n) is 29.6. The van der Waals surface area contributed by atoms with Crippen molar-refractivity contribution in [2.24, 2.45) is 0 Å². The molecule has 0 aromatic heterocycles. The molecule has 30 heteroatoms. The molecular formula is C84H80B26N4. The lowest BCUT2D eigenvalue weighted by Gasteiger charge is -2.45. The number of rotatable bonds is 9. The molecule has 18 rings (SSSR count). The van der Waals surface area contributed by atoms with Crippen LogP contribution in [0.25, 0.3) is 75.8 Å². The number of anilines is 12. The van der Waals surface area contributed by atoms with Crippen molar-refractivity contribution in [2.45, 2.75) is 0 Å². The van der Waals surface area contributed by atoms with Gasteiger partial charge in [0.2, 0.25) is 0 Å². The smallest absolute Gasteiger partial charge is 0.252 e. The molecule has 514 valence electrons. The minimum Gasteiger partial charge on any atom is -0.313 e. The zero-order chi connectivity index (χ0) is 80.3. The number of fused-ring (bicyclic) bond motifs is 16. The van der Waals surface area contributed by atoms with E-state index in [9.17, 15) is 0 Å². The van der Waals surface area contributed by atoms with E-state index in [0.717, 1.165) is 34.1 Å². The van der Waals surface area contributed by atoms with Crippen molar-refractivity contribution in [1.29, 1.82) is 0 Å². The molecule has 0 atom stereocenters. The molecule has 0 bridgehead atoms. The molecule has 0 aliphatic carbocycles. The first-order valence-corrected chi connectivity index (χ1v) is 41.2. The predicted molar refractivity (Wildman–Crippen MR) is 585 cm³/mol. The van der Waals surface area contributed by atoms with Crippen molar-refractivity contribution in [3.8, 4) is 11.1 Å². The first-order chi connectivity index (χ1) is 54.5. The molecular weight excluding hydrogens is 1350 g/mol. The molecule has 114 heavy (non-hydrogen) atoms. The van der Waals surface area contributed by atoms with Gasteiger partial charge in [-0.1, -0.05) is 220 Å². The van der Waals surface area contributed by atoms with Crippen LogP contribution in [0, 0.1) is 0 Å². The third kappa shape index (κ3) is 10.8. The van der Waals surface area contributed by atoms with Crippen LogP contribution < -0.4 is 173 Å². The quantitative estimate of drug-likeness (QED) is 0.105. The summed E-state index contributed by atoms with van der Waals surface area (Å²) in [6.45, 7) is -0.245. The van der Waals surface area contributed by atoms with Gasteiger partial charge < -0.3 is 19.6 Å². The number of hydrogen-bond acceptors (Lipinski definition) is 4. The second-order valence-corrected chi connectivity index (χ2v) is 34.2. The van der Waals surface area contributed by atoms with Gasteiger partial charge in [-0.25, -0.2) is 0 Å². The van der Waals surface area contributed by atoms with Gasteiger partial charge in [0, 0.05) is 68.2 Å². The maximum atomic E-state index is 2.72. The summed E-state index contributed by atoms with van der Waals surface area (Å²) in [5, 5.41) is 15.0. The fraction of sp³-hybridized carbons (Fsp3) is 0. The third-order valence-corrected chi connectivity index (χ3v) is 29.6. The van der Waals surface area contributed by atoms with Gasteiger partial charge in [0.25, 0.3) is 6.71 Å². The van der Waals surface area contributed by atoms with Gasteiger partial charge in [-0.15, -0.1) is 38.2 Å². The Bertz CT molecular complexity index is 6340. The highest BCUT2D eigenvalue weighted by atomic mass is 15.2. The second-order valence-electron chi connectivity index (χ2n) is 34.2. The molecule has 2 heterocycles. The van der Waals surface area contributed by atoms with Crippen LogP contribution in [0.2, 0.25) is 0 Å². The second kappa shape index (κ2) is 27.6. The lowest BCUT2D eigenvalue weighted by atomic mass is 9.33. The van der Waals surface area contributed by atoms with E-state index in [1.807, 2.05) is 0 Å². The molecule has 0 amide bonds. The number of nitrogens with zero attached hydrogens (tertiary/aromatic N) is 4. The van der Waals surface area contributed by atoms with Gasteiger partial charge in [0.05, 0.1) is 0 Å². The van der Waals surface area contributed by atoms with Crippen molar-refractivity contribution in [3.63, 3.8) is 0 Å². The fourth-order valence-corrected chi connectivity index (χ4v) is 21.0. The monoisotopic (exact) mass is 1430 g/mol. The fourth-order valence-electron chi connectivity index (χ4n) is 21.0. The van der Waals surface area contributed by atoms with Crippen LogP contribution in [-0.4, -0.2) is 203 Å². The molecule has 16 aromatic rings. The SMILES string of the molecule is Bc1c(B)c(B)c(-c2cc3c4c(c2)N(c2ccc5c6ccccc6c6ccccc6c5c2)c2cc(N(c5c(B)c(B)c(B)c(B)c5B)c5c(B)c(B)c(B)c(B)c5B)ccc2B4c2ccc(N(c4c(B)c(B)c(B)c(B)c4B)c4c(B)c(B)c(B)c(B)c4B)cc2N3c2ccc3c4ccccc4c4ccccc4c3c2)c(B)c1B. The zero-order valence-electron chi connectivity index (χ0n) is 71.7. The molecule has 0 spiro atoms. The van der Waals surface area contributed by atoms with Gasteiger partial charge in [-0.3, -0.25) is 0 Å². The van der Waals surface area contributed by atoms with Crippen molar-refractivity contribution in [1.82, 2.24) is 0 Å². The van der Waals surface area contributed by atoms with Gasteiger partial charge in [-0.05, 0) is 153 Å². The topological polar surface area (TPSA) is 13.0 Å². The minimum atomic E-state index is -0.245. The summed E-state index contributed by atoms with van der Waals surface area (Å²) in [6, 6.07) is 71.7. The Hall–Kier alpha value is -10.0. The zero-order valence-corrected chi connectivity index (χ0v) is 71.7. The van der Waals surface area contributed by atoms with Crippen LogP contribution in [0.15, 0.2) is 182 Å². The lowest BCUT2D eigenvalue weighted by molar-refractivity contribution is 1.24. The van der Waals surface area contributed by atoms with Crippen LogP contribution in [-0.2, 0) is 0 Å². The molecule has 0 N–H and O–H groups in total. The first kappa shape index (κ1) is 75.3. The Morgan fingerprint density at radius 2 is 0.430 bits per heavy atom. The molecule has 0 saturated heterocycles. The van der Waals surface area contributed by atoms with Crippen molar-refractivity contribution in [3.05, 3.63) is 182 Å². The van der Waals surface area contributed by atoms with E-state index in [2.05, 4.69) is 398 Å². The Morgan fingerprint density at radius 3 is 0.693 bits per heavy atom. The number of benzene rings is 16. The molecule has 0 saturated carbocycles. The standard InChI is InChI=1S/C84H80B26N4/c85-55-54(56(86)58(88)59(89)57(55)87)31-25-52-80-53(26-31)112(33-18-22-45-41-14-4-2-10-37(41)39-12-6-8-16-43(39)47(45)28-33)51-30-35(114(83-76(106)68(98)62(92)69(99)77(83)107)84-78(108)70(100)63(93)71(101)79(84)109)20-24-49(51)110(80)48-23-19-34(113(81-72(102)64(94)60(90)65(95)73(81)103)82-74(104)66(96)61(91)67(97)75(82)105)29-50(48)111(52)32-17-21-44-40-13-3-1-9-36(40)38-11-5-7-15-42(38)46(44)27-32/h1-30H,85-109H2. The van der Waals surface area contributed by atoms with E-state index in [1.54, 1.807) is 0 Å². The van der Waals surface area contributed by atoms with Crippen molar-refractivity contribution >= 4 is 489 Å². The summed E-state index contributed by atoms with van der Waals surface area (Å²) in [5.74, 6) is 0. The molecule has 2 aliphatic rings. The van der Waals surface area contributed by atoms with Gasteiger partial charge in [0.15, 0.2) is 0 Å². The van der Waals surface area contributed by atoms with E-state index in [1.165, 1.54) is 263 Å². The van der Waals surface area contributed by atoms with Crippen molar-refractivity contribution in [2.75, 3.05) is 19.6 Å². The molecule has 0 radical (unpaired) electrons. The van der Waals surface area contributed by atoms with Crippen LogP contribution in [0.5, 0.6) is 0 Å². The largest absolute Gasteiger partial charge is 0.313 e. The molecule has 0 fully saturated rings. The summed E-state index contributed by atoms with van der Waals surface area (Å²) in [6.07, 6.45) is 0. The van der Waals surface area contributed by atoms with Crippen LogP contribution >= 0.6 is 0 Å². The maximum absolute atomic E-state index is 2.72. The normalized spacial score (nSPS) is 12.3. The van der Waals surface area contributed by atoms with Gasteiger partial charge in [0.1, 0.15) is 196 Å². The summed E-state index contributed by atoms with van der Waals surface area (Å²) in [7, 11) is 58.7. The van der Waals surface area contributed by atoms with Gasteiger partial charge >= 0.3 is 0 Å². The average molecular weight is 1430 g/mol. The highest BCUT2D eigenvalue weighted by molar-refractivity contribution is 7.00. The maximum Gasteiger partial charge on any atom is 0.252 e. The van der Waals surface area contributed by atoms with E-state index < -0.39 is 0 Å². The lowest BCUT2D eigenvalue weighted by Crippen LogP contribution is -2.61. The van der Waals surface area contributed by atoms with Crippen LogP contribution in [0.4, 0.5) is 68.2 Å². The van der Waals surface area contributed by atoms with E-state index in [-0.39, 0.29) is 6.71 Å². The Labute approximate surface area is 696 Å². The highest BCUT2D eigenvalue weighted by Crippen LogP contribution is 2.50. The molecule has 4 nitrogen and oxygen atoms in total. The summed E-state index contributed by atoms with van der Waals surface area (Å²) in [5.41, 5.74) is 53.4. The summed E-state index contributed by atoms with van der Waals surface area (Å²) >= 11 is 0. The molecule has 0 unspecified atom stereocenters. The Kier molecular flexibility index (Phi) is 18.2. The Balaban J connectivity index is 1.04. The van der Waals surface area contributed by atoms with Gasteiger partial charge in [-0.2, -0.15) is 0 Å². The average Bonchev–Trinajstić information content (AvgIpc) is 0.687. The molecule has 16 aromatic carbocycles. The Morgan fingerprint density at radius 1 is 0.202 bits per heavy atom. The van der Waals surface area contributed by atoms with E-state index in [0.29, 0.717) is 0 Å². The first-order valence-electron chi connectivity index (χ1n) is 41.2. The van der Waals surface area contributed by atoms with Crippen molar-refractivity contribution < 1.29 is 0 Å². The number of hydrogen-bond donors (Lipinski definition) is 0. The summed E-state index contributed by atoms with van der Waals surface area (Å²) in [4.78, 5) is 10.8. The predicted octanol–water partition coefficient (Wildman–Crippen LogP) is -22.2. The summed E-state index contributed by atoms with van der Waals surface area (Å²) < 4.78 is 0. The van der Waals surface area contributed by atoms with E-state index >= 15 is 0 Å². The van der Waals surface area contributed by atoms with Crippen LogP contribution in [0.1, 0.15) is 0 Å². The van der Waals surface area contributed by atoms with Crippen LogP contribution in [0.3, 0.4) is 0 Å². The minimum absolute atomic E-state index is 0.245. The molecule has 2 aliphatic heterocycles.